The van der Waals surface area contributed by atoms with Crippen LogP contribution in [0.3, 0.4) is 0 Å². The lowest BCUT2D eigenvalue weighted by Crippen LogP contribution is -2.48. The highest BCUT2D eigenvalue weighted by Crippen LogP contribution is 2.48. The van der Waals surface area contributed by atoms with Gasteiger partial charge in [-0.25, -0.2) is 67.9 Å². The second kappa shape index (κ2) is 41.0. The van der Waals surface area contributed by atoms with Gasteiger partial charge in [-0.3, -0.25) is 14.7 Å². The molecule has 1 fully saturated rings. The number of hydrogen-bond acceptors (Lipinski definition) is 16. The van der Waals surface area contributed by atoms with Gasteiger partial charge < -0.3 is 28.1 Å². The van der Waals surface area contributed by atoms with Gasteiger partial charge in [0, 0.05) is 114 Å². The first-order valence-corrected chi connectivity index (χ1v) is 41.7. The summed E-state index contributed by atoms with van der Waals surface area (Å²) in [5, 5.41) is 19.7. The molecule has 9 aromatic rings. The minimum Gasteiger partial charge on any atom is -0.478 e. The van der Waals surface area contributed by atoms with Gasteiger partial charge in [-0.05, 0) is 237 Å². The molecule has 131 heavy (non-hydrogen) atoms. The van der Waals surface area contributed by atoms with Crippen molar-refractivity contribution >= 4 is 58.8 Å². The molecule has 40 heteroatoms. The zero-order valence-corrected chi connectivity index (χ0v) is 73.7. The predicted octanol–water partition coefficient (Wildman–Crippen LogP) is 20.6. The maximum Gasteiger partial charge on any atom is 0.534 e. The molecule has 1 saturated heterocycles. The number of esters is 2. The maximum absolute atomic E-state index is 15.6. The highest BCUT2D eigenvalue weighted by Gasteiger charge is 2.53. The average molecular weight is 1880 g/mol. The fourth-order valence-corrected chi connectivity index (χ4v) is 16.0. The molecule has 0 aliphatic carbocycles. The molecule has 6 atom stereocenters. The summed E-state index contributed by atoms with van der Waals surface area (Å²) in [6, 6.07) is 15.5. The third kappa shape index (κ3) is 25.2. The average Bonchev–Trinajstić information content (AvgIpc) is 0.866. The summed E-state index contributed by atoms with van der Waals surface area (Å²) in [5.41, 5.74) is -6.62. The lowest BCUT2D eigenvalue weighted by molar-refractivity contribution is -0.135. The van der Waals surface area contributed by atoms with Crippen molar-refractivity contribution in [3.05, 3.63) is 248 Å². The van der Waals surface area contributed by atoms with Crippen molar-refractivity contribution in [2.75, 3.05) is 33.9 Å². The molecule has 13 rings (SSSR count). The van der Waals surface area contributed by atoms with Gasteiger partial charge in [-0.1, -0.05) is 49.9 Å². The number of nitrogens with zero attached hydrogens (tertiary/aromatic N) is 9. The Morgan fingerprint density at radius 2 is 0.786 bits per heavy atom. The van der Waals surface area contributed by atoms with E-state index >= 15 is 26.3 Å². The molecule has 7 heterocycles. The number of carboxylic acid groups (broad SMARTS) is 1. The quantitative estimate of drug-likeness (QED) is 0.0157. The fraction of sp³-hybridized carbons (Fsp3) is 0.407. The maximum atomic E-state index is 15.6. The molecule has 708 valence electrons. The molecule has 6 unspecified atom stereocenters. The van der Waals surface area contributed by atoms with E-state index in [9.17, 15) is 75.5 Å². The predicted molar refractivity (Wildman–Crippen MR) is 454 cm³/mol. The highest BCUT2D eigenvalue weighted by molar-refractivity contribution is 7.88. The van der Waals surface area contributed by atoms with E-state index in [4.69, 9.17) is 14.4 Å². The molecule has 0 amide bonds. The Balaban J connectivity index is 0.000000202. The molecule has 4 aliphatic heterocycles. The van der Waals surface area contributed by atoms with Gasteiger partial charge in [-0.2, -0.15) is 63.2 Å². The Kier molecular flexibility index (Phi) is 32.4. The van der Waals surface area contributed by atoms with Crippen LogP contribution in [0.4, 0.5) is 79.0 Å². The van der Waals surface area contributed by atoms with Gasteiger partial charge in [0.05, 0.1) is 55.9 Å². The van der Waals surface area contributed by atoms with Gasteiger partial charge in [-0.15, -0.1) is 0 Å². The van der Waals surface area contributed by atoms with E-state index in [1.54, 1.807) is 53.1 Å². The summed E-state index contributed by atoms with van der Waals surface area (Å²) in [4.78, 5) is 38.5. The largest absolute Gasteiger partial charge is 0.534 e. The van der Waals surface area contributed by atoms with E-state index in [1.165, 1.54) is 103 Å². The summed E-state index contributed by atoms with van der Waals surface area (Å²) in [6.45, 7) is 12.5. The van der Waals surface area contributed by atoms with Crippen LogP contribution in [0.2, 0.25) is 0 Å². The number of benzene rings is 6. The number of aromatic nitrogens is 6. The van der Waals surface area contributed by atoms with Crippen molar-refractivity contribution in [1.29, 1.82) is 0 Å². The van der Waals surface area contributed by atoms with Crippen molar-refractivity contribution in [1.82, 2.24) is 44.0 Å². The first kappa shape index (κ1) is 104. The van der Waals surface area contributed by atoms with Gasteiger partial charge in [0.1, 0.15) is 57.7 Å². The second-order valence-electron chi connectivity index (χ2n) is 34.4. The van der Waals surface area contributed by atoms with Crippen LogP contribution in [-0.4, -0.2) is 168 Å². The Morgan fingerprint density at radius 3 is 1.08 bits per heavy atom. The third-order valence-electron chi connectivity index (χ3n) is 22.1. The number of ether oxygens (including phenoxy) is 2. The first-order valence-electron chi connectivity index (χ1n) is 40.3. The number of rotatable bonds is 23. The minimum atomic E-state index is -5.94. The van der Waals surface area contributed by atoms with Crippen LogP contribution in [0.25, 0.3) is 40.5 Å². The normalized spacial score (nSPS) is 18.9. The molecule has 0 radical (unpaired) electrons. The molecule has 0 bridgehead atoms. The van der Waals surface area contributed by atoms with E-state index in [2.05, 4.69) is 29.0 Å². The third-order valence-corrected chi connectivity index (χ3v) is 23.1. The van der Waals surface area contributed by atoms with Gasteiger partial charge in [0.25, 0.3) is 0 Å². The fourth-order valence-electron chi connectivity index (χ4n) is 15.6. The lowest BCUT2D eigenvalue weighted by Gasteiger charge is -2.44. The molecule has 6 aromatic carbocycles. The van der Waals surface area contributed by atoms with Crippen LogP contribution in [-0.2, 0) is 62.5 Å². The minimum absolute atomic E-state index is 0. The standard InChI is InChI=1S/C28H28F5N3O2.C27H26F5N3O2.C25H25F6NO5S.C10H15BF2N2O2.CH4/c1-16-9-19-12-18(20-13-34-36(14-20)27(31)32)6-7-21(19)26(35(16)15-28(2,3)33)25-22(29)10-17(11-23(25)30)5-8-24(37)38-4;1-15-8-18-11-17(19-12-33-35(13-19)26(30)31)5-6-20(18)25(34(15)14-27(2,3)32)24-21(28)9-16(10-22(24)29)4-7-23(36)37;1-14-9-16-12-17(37-38(34,35)25(29,30)31)6-7-18(16)23(32(14)13-24(2,3)28)22-19(26)10-15(11-20(22)27)5-8-21(33)36-4;1-9(2)10(3,4)17-11(16-9)7-5-14-15(6-7)8(12)13;/h5-8,10-14,16,26-27H,9,15H2,1-4H3;4-7,9-13,15,25-26H,8,14H2,1-3H3,(H,36,37);5-8,10-12,14,23H,9,13H2,1-4H3;5-6,8H,1-4H3;1H4/b8-5+;7-4+;8-5+;;. The van der Waals surface area contributed by atoms with Crippen molar-refractivity contribution in [3.8, 4) is 28.0 Å². The SMILES string of the molecule is C.CC1(C)OB(c2cnn(C(F)F)c2)OC1(C)C.CC1Cc2cc(-c3cnn(C(F)F)c3)ccc2C(c2c(F)cc(/C=C/C(=O)O)cc2F)N1CC(C)(C)F.COC(=O)/C=C/c1cc(F)c(C2c3ccc(-c4cnn(C(F)F)c4)cc3CC(C)N2CC(C)(C)F)c(F)c1.COC(=O)/C=C/c1cc(F)c(C2c3ccc(OS(=O)(=O)C(F)(F)F)cc3CC(C)N2CC(C)(C)F)c(F)c1. The molecule has 0 saturated carbocycles. The highest BCUT2D eigenvalue weighted by atomic mass is 32.2. The molecule has 1 N–H and O–H groups in total. The Labute approximate surface area is 745 Å². The monoisotopic (exact) mass is 1880 g/mol. The number of carboxylic acids is 1. The van der Waals surface area contributed by atoms with Crippen LogP contribution in [0, 0.1) is 34.9 Å². The molecular weight excluding hydrogens is 1780 g/mol. The smallest absolute Gasteiger partial charge is 0.478 e. The summed E-state index contributed by atoms with van der Waals surface area (Å²) in [6.07, 6.45) is 15.0. The van der Waals surface area contributed by atoms with E-state index in [-0.39, 0.29) is 84.5 Å². The number of fused-ring (bicyclic) bond motifs is 3. The number of carbonyl (C=O) groups is 3. The van der Waals surface area contributed by atoms with E-state index in [1.807, 2.05) is 41.5 Å². The van der Waals surface area contributed by atoms with Crippen molar-refractivity contribution in [3.63, 3.8) is 0 Å². The van der Waals surface area contributed by atoms with E-state index in [0.29, 0.717) is 65.7 Å². The van der Waals surface area contributed by atoms with Crippen LogP contribution in [0.1, 0.15) is 202 Å². The molecule has 4 aliphatic rings. The Hall–Kier alpha value is -11.1. The van der Waals surface area contributed by atoms with Crippen LogP contribution < -0.4 is 9.65 Å². The number of aliphatic carboxylic acids is 1. The van der Waals surface area contributed by atoms with Gasteiger partial charge >= 0.3 is 60.3 Å². The van der Waals surface area contributed by atoms with Gasteiger partial charge in [0.2, 0.25) is 0 Å². The second-order valence-corrected chi connectivity index (χ2v) is 35.9. The van der Waals surface area contributed by atoms with E-state index in [0.717, 1.165) is 97.1 Å². The zero-order valence-electron chi connectivity index (χ0n) is 72.9. The molecule has 20 nitrogen and oxygen atoms in total. The van der Waals surface area contributed by atoms with Crippen molar-refractivity contribution < 1.29 is 130 Å². The summed E-state index contributed by atoms with van der Waals surface area (Å²) >= 11 is 0. The number of methoxy groups -OCH3 is 2. The summed E-state index contributed by atoms with van der Waals surface area (Å²) in [5.74, 6) is -8.79. The topological polar surface area (TPSA) is 215 Å². The van der Waals surface area contributed by atoms with Crippen LogP contribution >= 0.6 is 0 Å². The molecule has 0 spiro atoms. The number of halogens is 18. The number of hydrogen-bond donors (Lipinski definition) is 1. The number of alkyl halides is 12. The Bertz CT molecular complexity index is 5740. The number of carbonyl (C=O) groups excluding carboxylic acids is 2. The van der Waals surface area contributed by atoms with E-state index < -0.39 is 159 Å². The summed E-state index contributed by atoms with van der Waals surface area (Å²) in [7, 11) is -4.26. The van der Waals surface area contributed by atoms with Crippen LogP contribution in [0.5, 0.6) is 5.75 Å². The molecular formula is C91H98BF18N9O11S. The molecule has 3 aromatic heterocycles. The zero-order chi connectivity index (χ0) is 96.3. The van der Waals surface area contributed by atoms with Crippen LogP contribution in [0.15, 0.2) is 146 Å². The lowest BCUT2D eigenvalue weighted by atomic mass is 9.82. The summed E-state index contributed by atoms with van der Waals surface area (Å²) < 4.78 is 302. The van der Waals surface area contributed by atoms with Crippen molar-refractivity contribution in [2.45, 2.75) is 206 Å². The first-order chi connectivity index (χ1) is 60.4. The Morgan fingerprint density at radius 1 is 0.481 bits per heavy atom. The van der Waals surface area contributed by atoms with Gasteiger partial charge in [0.15, 0.2) is 0 Å². The van der Waals surface area contributed by atoms with Crippen molar-refractivity contribution in [2.24, 2.45) is 0 Å².